The van der Waals surface area contributed by atoms with Crippen LogP contribution >= 0.6 is 0 Å². The molecule has 1 aromatic rings. The van der Waals surface area contributed by atoms with E-state index in [0.29, 0.717) is 6.42 Å². The Labute approximate surface area is 90.9 Å². The van der Waals surface area contributed by atoms with Gasteiger partial charge in [0.15, 0.2) is 0 Å². The summed E-state index contributed by atoms with van der Waals surface area (Å²) in [6, 6.07) is 0. The normalized spacial score (nSPS) is 10.3. The Hall–Kier alpha value is -1.32. The summed E-state index contributed by atoms with van der Waals surface area (Å²) in [5.74, 6) is 0.214. The molecule has 0 bridgehead atoms. The van der Waals surface area contributed by atoms with Crippen molar-refractivity contribution >= 4 is 5.91 Å². The number of aromatic nitrogens is 2. The van der Waals surface area contributed by atoms with Gasteiger partial charge in [0.1, 0.15) is 6.20 Å². The molecular formula is C11H18N3O. The number of aryl methyl sites for hydroxylation is 1. The lowest BCUT2D eigenvalue weighted by Gasteiger charge is -2.09. The average molecular weight is 208 g/mol. The van der Waals surface area contributed by atoms with Crippen LogP contribution in [0.3, 0.4) is 0 Å². The van der Waals surface area contributed by atoms with Crippen molar-refractivity contribution < 1.29 is 4.79 Å². The van der Waals surface area contributed by atoms with E-state index in [1.165, 1.54) is 0 Å². The van der Waals surface area contributed by atoms with Crippen molar-refractivity contribution in [2.75, 3.05) is 14.1 Å². The zero-order valence-electron chi connectivity index (χ0n) is 9.44. The van der Waals surface area contributed by atoms with E-state index in [1.807, 2.05) is 10.8 Å². The van der Waals surface area contributed by atoms with E-state index in [9.17, 15) is 4.79 Å². The van der Waals surface area contributed by atoms with E-state index in [4.69, 9.17) is 0 Å². The minimum absolute atomic E-state index is 0.214. The van der Waals surface area contributed by atoms with Crippen LogP contribution in [0.2, 0.25) is 0 Å². The van der Waals surface area contributed by atoms with Gasteiger partial charge in [-0.15, -0.1) is 0 Å². The first-order valence-electron chi connectivity index (χ1n) is 5.28. The summed E-state index contributed by atoms with van der Waals surface area (Å²) in [4.78, 5) is 16.7. The molecule has 0 N–H and O–H groups in total. The Morgan fingerprint density at radius 3 is 2.80 bits per heavy atom. The summed E-state index contributed by atoms with van der Waals surface area (Å²) in [6.07, 6.45) is 10.2. The summed E-state index contributed by atoms with van der Waals surface area (Å²) in [7, 11) is 3.59. The number of carbonyl (C=O) groups excluding carboxylic acids is 1. The van der Waals surface area contributed by atoms with Crippen LogP contribution in [0.15, 0.2) is 12.5 Å². The summed E-state index contributed by atoms with van der Waals surface area (Å²) in [5.41, 5.74) is 0. The number of carbonyl (C=O) groups is 1. The van der Waals surface area contributed by atoms with Gasteiger partial charge in [-0.3, -0.25) is 4.79 Å². The fourth-order valence-corrected chi connectivity index (χ4v) is 1.34. The predicted molar refractivity (Wildman–Crippen MR) is 58.2 cm³/mol. The molecule has 0 aliphatic rings. The highest BCUT2D eigenvalue weighted by molar-refractivity contribution is 5.75. The van der Waals surface area contributed by atoms with Crippen LogP contribution in [0.1, 0.15) is 25.7 Å². The number of hydrogen-bond donors (Lipinski definition) is 0. The van der Waals surface area contributed by atoms with Gasteiger partial charge in [-0.25, -0.2) is 4.98 Å². The first-order valence-corrected chi connectivity index (χ1v) is 5.28. The zero-order chi connectivity index (χ0) is 11.1. The van der Waals surface area contributed by atoms with Gasteiger partial charge in [0.25, 0.3) is 0 Å². The Bertz CT molecular complexity index is 280. The molecule has 83 valence electrons. The highest BCUT2D eigenvalue weighted by Crippen LogP contribution is 2.03. The average Bonchev–Trinajstić information content (AvgIpc) is 2.69. The molecule has 0 atom stereocenters. The molecule has 4 heteroatoms. The third-order valence-electron chi connectivity index (χ3n) is 2.31. The summed E-state index contributed by atoms with van der Waals surface area (Å²) in [5, 5.41) is 0. The van der Waals surface area contributed by atoms with Gasteiger partial charge in [0.2, 0.25) is 5.91 Å². The first kappa shape index (κ1) is 11.8. The topological polar surface area (TPSA) is 38.1 Å². The maximum Gasteiger partial charge on any atom is 0.222 e. The van der Waals surface area contributed by atoms with Crippen molar-refractivity contribution in [2.45, 2.75) is 32.2 Å². The molecule has 0 saturated carbocycles. The van der Waals surface area contributed by atoms with Crippen molar-refractivity contribution in [3.8, 4) is 0 Å². The van der Waals surface area contributed by atoms with E-state index in [-0.39, 0.29) is 5.91 Å². The number of unbranched alkanes of at least 4 members (excludes halogenated alkanes) is 2. The summed E-state index contributed by atoms with van der Waals surface area (Å²) >= 11 is 0. The molecule has 15 heavy (non-hydrogen) atoms. The first-order chi connectivity index (χ1) is 7.20. The third-order valence-corrected chi connectivity index (χ3v) is 2.31. The molecule has 0 aliphatic carbocycles. The Balaban J connectivity index is 2.00. The Morgan fingerprint density at radius 1 is 1.40 bits per heavy atom. The molecule has 1 heterocycles. The quantitative estimate of drug-likeness (QED) is 0.661. The molecule has 0 saturated heterocycles. The maximum atomic E-state index is 11.2. The Morgan fingerprint density at radius 2 is 2.20 bits per heavy atom. The molecule has 1 rings (SSSR count). The van der Waals surface area contributed by atoms with Gasteiger partial charge in [0, 0.05) is 33.3 Å². The van der Waals surface area contributed by atoms with E-state index in [0.717, 1.165) is 25.8 Å². The van der Waals surface area contributed by atoms with Gasteiger partial charge in [0.05, 0.1) is 6.33 Å². The molecule has 0 fully saturated rings. The standard InChI is InChI=1S/C11H18N3O/c1-13(2)11(15)6-4-3-5-8-14-9-7-12-10-14/h9-10H,3-6,8H2,1-2H3. The largest absolute Gasteiger partial charge is 0.349 e. The van der Waals surface area contributed by atoms with Crippen LogP contribution in [-0.2, 0) is 11.3 Å². The minimum atomic E-state index is 0.214. The number of rotatable bonds is 6. The van der Waals surface area contributed by atoms with Crippen molar-refractivity contribution in [3.63, 3.8) is 0 Å². The van der Waals surface area contributed by atoms with E-state index < -0.39 is 0 Å². The zero-order valence-corrected chi connectivity index (χ0v) is 9.44. The smallest absolute Gasteiger partial charge is 0.222 e. The highest BCUT2D eigenvalue weighted by Gasteiger charge is 2.02. The molecule has 1 aromatic heterocycles. The van der Waals surface area contributed by atoms with E-state index >= 15 is 0 Å². The monoisotopic (exact) mass is 208 g/mol. The van der Waals surface area contributed by atoms with Crippen LogP contribution in [0.4, 0.5) is 0 Å². The maximum absolute atomic E-state index is 11.2. The molecule has 0 spiro atoms. The van der Waals surface area contributed by atoms with Crippen molar-refractivity contribution in [2.24, 2.45) is 0 Å². The molecule has 0 aliphatic heterocycles. The lowest BCUT2D eigenvalue weighted by atomic mass is 10.2. The Kier molecular flexibility index (Phi) is 4.87. The van der Waals surface area contributed by atoms with Gasteiger partial charge in [-0.2, -0.15) is 0 Å². The summed E-state index contributed by atoms with van der Waals surface area (Å²) < 4.78 is 2.01. The van der Waals surface area contributed by atoms with Crippen molar-refractivity contribution in [3.05, 3.63) is 18.7 Å². The second-order valence-corrected chi connectivity index (χ2v) is 3.84. The van der Waals surface area contributed by atoms with Crippen LogP contribution in [0.5, 0.6) is 0 Å². The van der Waals surface area contributed by atoms with E-state index in [1.54, 1.807) is 25.3 Å². The molecule has 4 nitrogen and oxygen atoms in total. The number of hydrogen-bond acceptors (Lipinski definition) is 2. The van der Waals surface area contributed by atoms with Crippen LogP contribution in [0, 0.1) is 6.20 Å². The molecule has 1 amide bonds. The molecular weight excluding hydrogens is 190 g/mol. The van der Waals surface area contributed by atoms with Crippen LogP contribution in [0.25, 0.3) is 0 Å². The van der Waals surface area contributed by atoms with Crippen LogP contribution in [-0.4, -0.2) is 34.5 Å². The number of amides is 1. The second kappa shape index (κ2) is 6.22. The van der Waals surface area contributed by atoms with Gasteiger partial charge in [-0.1, -0.05) is 6.42 Å². The number of imidazole rings is 1. The lowest BCUT2D eigenvalue weighted by molar-refractivity contribution is -0.128. The van der Waals surface area contributed by atoms with E-state index in [2.05, 4.69) is 11.2 Å². The number of nitrogens with zero attached hydrogens (tertiary/aromatic N) is 3. The van der Waals surface area contributed by atoms with Gasteiger partial charge >= 0.3 is 0 Å². The predicted octanol–water partition coefficient (Wildman–Crippen LogP) is 1.33. The molecule has 1 radical (unpaired) electrons. The molecule has 0 unspecified atom stereocenters. The van der Waals surface area contributed by atoms with Crippen molar-refractivity contribution in [1.82, 2.24) is 14.5 Å². The fraction of sp³-hybridized carbons (Fsp3) is 0.636. The summed E-state index contributed by atoms with van der Waals surface area (Å²) in [6.45, 7) is 0.965. The SMILES string of the molecule is CN(C)C(=O)CCCCCn1c[c]nc1. The molecule has 0 aromatic carbocycles. The third kappa shape index (κ3) is 4.63. The van der Waals surface area contributed by atoms with Gasteiger partial charge in [-0.05, 0) is 12.8 Å². The van der Waals surface area contributed by atoms with Gasteiger partial charge < -0.3 is 9.47 Å². The lowest BCUT2D eigenvalue weighted by Crippen LogP contribution is -2.21. The fourth-order valence-electron chi connectivity index (χ4n) is 1.34. The second-order valence-electron chi connectivity index (χ2n) is 3.84. The van der Waals surface area contributed by atoms with Crippen molar-refractivity contribution in [1.29, 1.82) is 0 Å². The highest BCUT2D eigenvalue weighted by atomic mass is 16.2. The van der Waals surface area contributed by atoms with Crippen LogP contribution < -0.4 is 0 Å². The minimum Gasteiger partial charge on any atom is -0.349 e.